The Labute approximate surface area is 203 Å². The summed E-state index contributed by atoms with van der Waals surface area (Å²) in [5.41, 5.74) is 3.80. The van der Waals surface area contributed by atoms with Crippen molar-refractivity contribution in [3.8, 4) is 0 Å². The van der Waals surface area contributed by atoms with Gasteiger partial charge in [-0.05, 0) is 60.4 Å². The van der Waals surface area contributed by atoms with Gasteiger partial charge in [0.2, 0.25) is 15.9 Å². The third-order valence-electron chi connectivity index (χ3n) is 6.67. The zero-order valence-corrected chi connectivity index (χ0v) is 20.3. The number of hydrogen-bond donors (Lipinski definition) is 1. The molecule has 1 atom stereocenters. The van der Waals surface area contributed by atoms with Gasteiger partial charge in [0.05, 0.1) is 11.7 Å². The minimum atomic E-state index is -3.67. The molecule has 33 heavy (non-hydrogen) atoms. The summed E-state index contributed by atoms with van der Waals surface area (Å²) in [4.78, 5) is 13.2. The van der Waals surface area contributed by atoms with E-state index in [4.69, 9.17) is 23.2 Å². The lowest BCUT2D eigenvalue weighted by Gasteiger charge is -2.31. The van der Waals surface area contributed by atoms with E-state index in [-0.39, 0.29) is 18.2 Å². The number of nitrogens with one attached hydrogen (secondary N) is 1. The van der Waals surface area contributed by atoms with Crippen LogP contribution in [0.15, 0.2) is 48.5 Å². The van der Waals surface area contributed by atoms with Gasteiger partial charge in [-0.1, -0.05) is 53.5 Å². The van der Waals surface area contributed by atoms with Gasteiger partial charge in [-0.2, -0.15) is 0 Å². The smallest absolute Gasteiger partial charge is 0.228 e. The molecule has 0 radical (unpaired) electrons. The molecule has 5 nitrogen and oxygen atoms in total. The largest absolute Gasteiger partial charge is 0.325 e. The number of anilines is 1. The van der Waals surface area contributed by atoms with Gasteiger partial charge in [0.25, 0.3) is 0 Å². The molecule has 0 spiro atoms. The molecule has 0 aromatic heterocycles. The first-order chi connectivity index (χ1) is 15.8. The fraction of sp³-hybridized carbons (Fsp3) is 0.320. The molecule has 1 amide bonds. The van der Waals surface area contributed by atoms with Crippen LogP contribution in [0.2, 0.25) is 10.0 Å². The molecule has 3 aromatic carbocycles. The van der Waals surface area contributed by atoms with Crippen LogP contribution in [-0.2, 0) is 33.4 Å². The lowest BCUT2D eigenvalue weighted by molar-refractivity contribution is -0.120. The van der Waals surface area contributed by atoms with E-state index in [1.165, 1.54) is 20.8 Å². The predicted octanol–water partition coefficient (Wildman–Crippen LogP) is 5.43. The molecular weight excluding hydrogens is 479 g/mol. The van der Waals surface area contributed by atoms with Crippen LogP contribution in [0.5, 0.6) is 0 Å². The Kier molecular flexibility index (Phi) is 6.12. The quantitative estimate of drug-likeness (QED) is 0.505. The summed E-state index contributed by atoms with van der Waals surface area (Å²) in [6.07, 6.45) is 3.31. The third-order valence-corrected chi connectivity index (χ3v) is 9.15. The number of hydrogen-bond acceptors (Lipinski definition) is 3. The van der Waals surface area contributed by atoms with Crippen molar-refractivity contribution in [2.24, 2.45) is 5.92 Å². The summed E-state index contributed by atoms with van der Waals surface area (Å²) in [6, 6.07) is 15.2. The number of amides is 1. The highest BCUT2D eigenvalue weighted by atomic mass is 35.5. The van der Waals surface area contributed by atoms with Gasteiger partial charge in [-0.25, -0.2) is 12.7 Å². The number of halogens is 2. The number of carbonyl (C=O) groups excluding carboxylic acids is 1. The molecule has 1 saturated heterocycles. The highest BCUT2D eigenvalue weighted by molar-refractivity contribution is 7.88. The molecule has 172 valence electrons. The van der Waals surface area contributed by atoms with E-state index in [2.05, 4.69) is 17.4 Å². The van der Waals surface area contributed by atoms with Crippen LogP contribution >= 0.6 is 23.2 Å². The second-order valence-corrected chi connectivity index (χ2v) is 11.5. The Bertz CT molecular complexity index is 1330. The topological polar surface area (TPSA) is 66.5 Å². The maximum absolute atomic E-state index is 13.2. The van der Waals surface area contributed by atoms with Crippen LogP contribution in [0, 0.1) is 5.92 Å². The number of carbonyl (C=O) groups is 1. The fourth-order valence-corrected chi connectivity index (χ4v) is 7.31. The van der Waals surface area contributed by atoms with Gasteiger partial charge in [0.1, 0.15) is 0 Å². The van der Waals surface area contributed by atoms with Crippen LogP contribution in [0.3, 0.4) is 0 Å². The van der Waals surface area contributed by atoms with E-state index in [9.17, 15) is 13.2 Å². The summed E-state index contributed by atoms with van der Waals surface area (Å²) < 4.78 is 27.6. The van der Waals surface area contributed by atoms with E-state index >= 15 is 0 Å². The Morgan fingerprint density at radius 3 is 2.45 bits per heavy atom. The second-order valence-electron chi connectivity index (χ2n) is 8.75. The molecule has 1 N–H and O–H groups in total. The molecule has 8 heteroatoms. The number of aryl methyl sites for hydroxylation is 2. The molecule has 1 fully saturated rings. The first-order valence-corrected chi connectivity index (χ1v) is 13.4. The average Bonchev–Trinajstić information content (AvgIpc) is 3.23. The second kappa shape index (κ2) is 8.91. The van der Waals surface area contributed by atoms with Crippen molar-refractivity contribution in [2.45, 2.75) is 31.4 Å². The molecule has 0 unspecified atom stereocenters. The average molecular weight is 503 g/mol. The van der Waals surface area contributed by atoms with Crippen LogP contribution < -0.4 is 5.32 Å². The summed E-state index contributed by atoms with van der Waals surface area (Å²) >= 11 is 12.4. The van der Waals surface area contributed by atoms with Crippen molar-refractivity contribution in [1.29, 1.82) is 0 Å². The SMILES string of the molecule is O=C(Nc1ccc2c3c(cccc13)CC2)[C@H]1CCCN(S(=O)(=O)Cc2c(Cl)cccc2Cl)C1. The van der Waals surface area contributed by atoms with Gasteiger partial charge in [0.15, 0.2) is 0 Å². The Balaban J connectivity index is 1.33. The first-order valence-electron chi connectivity index (χ1n) is 11.1. The molecule has 3 aromatic rings. The molecule has 0 bridgehead atoms. The summed E-state index contributed by atoms with van der Waals surface area (Å²) in [5, 5.41) is 6.00. The van der Waals surface area contributed by atoms with Crippen molar-refractivity contribution in [1.82, 2.24) is 4.31 Å². The van der Waals surface area contributed by atoms with E-state index in [1.54, 1.807) is 18.2 Å². The maximum atomic E-state index is 13.2. The predicted molar refractivity (Wildman–Crippen MR) is 133 cm³/mol. The zero-order chi connectivity index (χ0) is 23.2. The number of piperidine rings is 1. The number of benzene rings is 3. The summed E-state index contributed by atoms with van der Waals surface area (Å²) in [5.74, 6) is -0.850. The minimum absolute atomic E-state index is 0.149. The third kappa shape index (κ3) is 4.37. The molecule has 5 rings (SSSR count). The Hall–Kier alpha value is -2.12. The fourth-order valence-electron chi connectivity index (χ4n) is 4.94. The van der Waals surface area contributed by atoms with Crippen molar-refractivity contribution in [3.63, 3.8) is 0 Å². The first kappa shape index (κ1) is 22.7. The highest BCUT2D eigenvalue weighted by Gasteiger charge is 2.33. The van der Waals surface area contributed by atoms with Gasteiger partial charge < -0.3 is 5.32 Å². The van der Waals surface area contributed by atoms with Crippen molar-refractivity contribution >= 4 is 55.6 Å². The molecule has 2 aliphatic rings. The van der Waals surface area contributed by atoms with Crippen molar-refractivity contribution < 1.29 is 13.2 Å². The lowest BCUT2D eigenvalue weighted by Crippen LogP contribution is -2.44. The van der Waals surface area contributed by atoms with Gasteiger partial charge in [0, 0.05) is 39.8 Å². The zero-order valence-electron chi connectivity index (χ0n) is 18.0. The van der Waals surface area contributed by atoms with Crippen molar-refractivity contribution in [2.75, 3.05) is 18.4 Å². The molecule has 0 saturated carbocycles. The van der Waals surface area contributed by atoms with Crippen LogP contribution in [0.25, 0.3) is 10.8 Å². The van der Waals surface area contributed by atoms with Gasteiger partial charge in [-0.15, -0.1) is 0 Å². The molecule has 1 heterocycles. The van der Waals surface area contributed by atoms with E-state index in [0.717, 1.165) is 23.9 Å². The van der Waals surface area contributed by atoms with Crippen LogP contribution in [0.4, 0.5) is 5.69 Å². The number of sulfonamides is 1. The number of nitrogens with zero attached hydrogens (tertiary/aromatic N) is 1. The molecule has 1 aliphatic carbocycles. The Morgan fingerprint density at radius 2 is 1.70 bits per heavy atom. The van der Waals surface area contributed by atoms with E-state index in [0.29, 0.717) is 35.0 Å². The van der Waals surface area contributed by atoms with Crippen LogP contribution in [0.1, 0.15) is 29.5 Å². The van der Waals surface area contributed by atoms with Crippen LogP contribution in [-0.4, -0.2) is 31.7 Å². The van der Waals surface area contributed by atoms with Gasteiger partial charge in [-0.3, -0.25) is 4.79 Å². The van der Waals surface area contributed by atoms with E-state index in [1.807, 2.05) is 18.2 Å². The Morgan fingerprint density at radius 1 is 1.00 bits per heavy atom. The molecule has 1 aliphatic heterocycles. The summed E-state index contributed by atoms with van der Waals surface area (Å²) in [7, 11) is -3.67. The normalized spacial score (nSPS) is 18.5. The van der Waals surface area contributed by atoms with Gasteiger partial charge >= 0.3 is 0 Å². The van der Waals surface area contributed by atoms with Crippen molar-refractivity contribution in [3.05, 3.63) is 75.3 Å². The highest BCUT2D eigenvalue weighted by Crippen LogP contribution is 2.35. The molecular formula is C25H24Cl2N2O3S. The number of rotatable bonds is 5. The lowest BCUT2D eigenvalue weighted by atomic mass is 9.98. The standard InChI is InChI=1S/C25H24Cl2N2O3S/c26-21-7-2-8-22(27)20(21)15-33(31,32)29-13-3-5-18(14-29)25(30)28-23-12-11-17-10-9-16-4-1-6-19(23)24(16)17/h1-2,4,6-8,11-12,18H,3,5,9-10,13-15H2,(H,28,30)/t18-/m0/s1. The minimum Gasteiger partial charge on any atom is -0.325 e. The monoisotopic (exact) mass is 502 g/mol. The maximum Gasteiger partial charge on any atom is 0.228 e. The van der Waals surface area contributed by atoms with E-state index < -0.39 is 15.9 Å². The summed E-state index contributed by atoms with van der Waals surface area (Å²) in [6.45, 7) is 0.534.